The van der Waals surface area contributed by atoms with Gasteiger partial charge in [0.25, 0.3) is 5.91 Å². The van der Waals surface area contributed by atoms with Gasteiger partial charge in [0.2, 0.25) is 0 Å². The van der Waals surface area contributed by atoms with Crippen LogP contribution in [0.1, 0.15) is 26.7 Å². The van der Waals surface area contributed by atoms with Gasteiger partial charge in [-0.05, 0) is 19.8 Å². The number of urea groups is 1. The first kappa shape index (κ1) is 15.2. The summed E-state index contributed by atoms with van der Waals surface area (Å²) < 4.78 is 0. The van der Waals surface area contributed by atoms with Gasteiger partial charge in [-0.25, -0.2) is 10.6 Å². The summed E-state index contributed by atoms with van der Waals surface area (Å²) in [7, 11) is 0. The normalized spacial score (nSPS) is 35.2. The topological polar surface area (TPSA) is 113 Å². The van der Waals surface area contributed by atoms with E-state index in [4.69, 9.17) is 5.84 Å². The molecule has 7 heteroatoms. The van der Waals surface area contributed by atoms with Crippen LogP contribution >= 0.6 is 0 Å². The van der Waals surface area contributed by atoms with Gasteiger partial charge in [-0.3, -0.25) is 9.59 Å². The molecule has 1 saturated heterocycles. The highest BCUT2D eigenvalue weighted by Gasteiger charge is 2.48. The van der Waals surface area contributed by atoms with Crippen LogP contribution in [0.15, 0.2) is 24.3 Å². The lowest BCUT2D eigenvalue weighted by molar-refractivity contribution is -0.143. The van der Waals surface area contributed by atoms with Gasteiger partial charge in [-0.15, -0.1) is 0 Å². The van der Waals surface area contributed by atoms with E-state index in [0.29, 0.717) is 17.9 Å². The fourth-order valence-corrected chi connectivity index (χ4v) is 2.77. The van der Waals surface area contributed by atoms with Crippen LogP contribution < -0.4 is 11.2 Å². The van der Waals surface area contributed by atoms with Gasteiger partial charge < -0.3 is 10.4 Å². The van der Waals surface area contributed by atoms with Crippen LogP contribution in [0.25, 0.3) is 0 Å². The Kier molecular flexibility index (Phi) is 3.63. The van der Waals surface area contributed by atoms with E-state index in [9.17, 15) is 19.5 Å². The maximum absolute atomic E-state index is 12.0. The van der Waals surface area contributed by atoms with Gasteiger partial charge >= 0.3 is 12.0 Å². The molecule has 0 spiro atoms. The number of hydrogen-bond acceptors (Lipinski definition) is 4. The molecule has 3 unspecified atom stereocenters. The Morgan fingerprint density at radius 3 is 2.57 bits per heavy atom. The molecular formula is C14H19N3O4. The molecule has 0 aromatic carbocycles. The molecule has 3 atom stereocenters. The smallest absolute Gasteiger partial charge is 0.339 e. The molecule has 1 heterocycles. The van der Waals surface area contributed by atoms with Crippen LogP contribution in [0, 0.1) is 11.3 Å². The molecule has 0 aromatic rings. The Morgan fingerprint density at radius 1 is 1.38 bits per heavy atom. The number of rotatable bonds is 4. The number of carbonyl (C=O) groups is 3. The Balaban J connectivity index is 2.13. The van der Waals surface area contributed by atoms with E-state index in [0.717, 1.165) is 0 Å². The predicted molar refractivity (Wildman–Crippen MR) is 74.7 cm³/mol. The van der Waals surface area contributed by atoms with Crippen molar-refractivity contribution in [2.75, 3.05) is 0 Å². The third-order valence-corrected chi connectivity index (χ3v) is 4.32. The summed E-state index contributed by atoms with van der Waals surface area (Å²) in [6, 6.07) is -0.637. The Hall–Kier alpha value is -2.15. The third-order valence-electron chi connectivity index (χ3n) is 4.32. The number of allylic oxidation sites excluding steroid dienone is 3. The molecule has 1 aliphatic heterocycles. The summed E-state index contributed by atoms with van der Waals surface area (Å²) in [6.45, 7) is 3.43. The maximum Gasteiger partial charge on any atom is 0.339 e. The van der Waals surface area contributed by atoms with E-state index in [2.05, 4.69) is 5.32 Å². The minimum absolute atomic E-state index is 0.309. The van der Waals surface area contributed by atoms with Crippen molar-refractivity contribution in [1.82, 2.24) is 10.3 Å². The SMILES string of the molecule is CC1(CCC2(C)C=CC=CC2C(=O)O)NC(=O)N(N)C1=O. The average molecular weight is 293 g/mol. The standard InChI is InChI=1S/C14H19N3O4/c1-13(6-4-3-5-9(13)10(18)19)7-8-14(2)11(20)17(15)12(21)16-14/h3-6,9H,7-8,15H2,1-2H3,(H,16,21)(H,18,19). The lowest BCUT2D eigenvalue weighted by Crippen LogP contribution is -2.46. The van der Waals surface area contributed by atoms with Gasteiger partial charge in [0.1, 0.15) is 5.54 Å². The fourth-order valence-electron chi connectivity index (χ4n) is 2.77. The number of hydrazine groups is 1. The van der Waals surface area contributed by atoms with Gasteiger partial charge in [-0.1, -0.05) is 31.2 Å². The van der Waals surface area contributed by atoms with Crippen molar-refractivity contribution in [3.63, 3.8) is 0 Å². The van der Waals surface area contributed by atoms with Gasteiger partial charge in [0, 0.05) is 5.41 Å². The summed E-state index contributed by atoms with van der Waals surface area (Å²) in [4.78, 5) is 34.8. The first-order valence-electron chi connectivity index (χ1n) is 6.70. The molecule has 0 aromatic heterocycles. The average Bonchev–Trinajstić information content (AvgIpc) is 2.61. The monoisotopic (exact) mass is 293 g/mol. The number of amides is 3. The number of hydrogen-bond donors (Lipinski definition) is 3. The minimum atomic E-state index is -1.09. The second kappa shape index (κ2) is 5.00. The Bertz CT molecular complexity index is 556. The third kappa shape index (κ3) is 2.56. The van der Waals surface area contributed by atoms with Crippen LogP contribution in [0.3, 0.4) is 0 Å². The molecular weight excluding hydrogens is 274 g/mol. The molecule has 1 fully saturated rings. The summed E-state index contributed by atoms with van der Waals surface area (Å²) in [5, 5.41) is 12.4. The fraction of sp³-hybridized carbons (Fsp3) is 0.500. The zero-order valence-corrected chi connectivity index (χ0v) is 12.0. The number of carbonyl (C=O) groups excluding carboxylic acids is 2. The van der Waals surface area contributed by atoms with E-state index in [1.165, 1.54) is 0 Å². The van der Waals surface area contributed by atoms with Crippen molar-refractivity contribution >= 4 is 17.9 Å². The van der Waals surface area contributed by atoms with Gasteiger partial charge in [-0.2, -0.15) is 5.01 Å². The molecule has 0 saturated carbocycles. The molecule has 21 heavy (non-hydrogen) atoms. The predicted octanol–water partition coefficient (Wildman–Crippen LogP) is 0.784. The lowest BCUT2D eigenvalue weighted by Gasteiger charge is -2.35. The first-order valence-corrected chi connectivity index (χ1v) is 6.70. The molecule has 114 valence electrons. The van der Waals surface area contributed by atoms with Crippen molar-refractivity contribution in [2.45, 2.75) is 32.2 Å². The number of nitrogens with two attached hydrogens (primary N) is 1. The number of nitrogens with one attached hydrogen (secondary N) is 1. The van der Waals surface area contributed by atoms with E-state index in [-0.39, 0.29) is 0 Å². The van der Waals surface area contributed by atoms with Crippen molar-refractivity contribution in [1.29, 1.82) is 0 Å². The lowest BCUT2D eigenvalue weighted by atomic mass is 9.69. The number of carboxylic acid groups (broad SMARTS) is 1. The van der Waals surface area contributed by atoms with Crippen LogP contribution in [0.4, 0.5) is 4.79 Å². The molecule has 3 amide bonds. The number of carboxylic acids is 1. The number of aliphatic carboxylic acids is 1. The molecule has 1 aliphatic carbocycles. The van der Waals surface area contributed by atoms with Gasteiger partial charge in [0.15, 0.2) is 0 Å². The van der Waals surface area contributed by atoms with Gasteiger partial charge in [0.05, 0.1) is 5.92 Å². The second-order valence-electron chi connectivity index (χ2n) is 6.00. The zero-order chi connectivity index (χ0) is 15.8. The maximum atomic E-state index is 12.0. The summed E-state index contributed by atoms with van der Waals surface area (Å²) >= 11 is 0. The van der Waals surface area contributed by atoms with Crippen molar-refractivity contribution in [2.24, 2.45) is 17.2 Å². The first-order chi connectivity index (χ1) is 9.69. The highest BCUT2D eigenvalue weighted by molar-refractivity contribution is 6.06. The summed E-state index contributed by atoms with van der Waals surface area (Å²) in [5.74, 6) is 3.29. The molecule has 0 radical (unpaired) electrons. The summed E-state index contributed by atoms with van der Waals surface area (Å²) in [6.07, 6.45) is 7.70. The quantitative estimate of drug-likeness (QED) is 0.403. The van der Waals surface area contributed by atoms with Crippen LogP contribution in [0.5, 0.6) is 0 Å². The molecule has 7 nitrogen and oxygen atoms in total. The van der Waals surface area contributed by atoms with E-state index >= 15 is 0 Å². The van der Waals surface area contributed by atoms with Crippen molar-refractivity contribution in [3.05, 3.63) is 24.3 Å². The van der Waals surface area contributed by atoms with Crippen molar-refractivity contribution < 1.29 is 19.5 Å². The van der Waals surface area contributed by atoms with Crippen molar-refractivity contribution in [3.8, 4) is 0 Å². The minimum Gasteiger partial charge on any atom is -0.481 e. The largest absolute Gasteiger partial charge is 0.481 e. The molecule has 0 bridgehead atoms. The summed E-state index contributed by atoms with van der Waals surface area (Å²) in [5.41, 5.74) is -1.70. The van der Waals surface area contributed by atoms with E-state index < -0.39 is 34.8 Å². The molecule has 2 aliphatic rings. The van der Waals surface area contributed by atoms with E-state index in [1.54, 1.807) is 25.2 Å². The van der Waals surface area contributed by atoms with Crippen LogP contribution in [-0.2, 0) is 9.59 Å². The Morgan fingerprint density at radius 2 is 2.05 bits per heavy atom. The van der Waals surface area contributed by atoms with Crippen LogP contribution in [-0.4, -0.2) is 33.6 Å². The van der Waals surface area contributed by atoms with E-state index in [1.807, 2.05) is 13.0 Å². The molecule has 4 N–H and O–H groups in total. The zero-order valence-electron chi connectivity index (χ0n) is 12.0. The highest BCUT2D eigenvalue weighted by atomic mass is 16.4. The molecule has 2 rings (SSSR count). The number of nitrogens with zero attached hydrogens (tertiary/aromatic N) is 1. The Labute approximate surface area is 122 Å². The highest BCUT2D eigenvalue weighted by Crippen LogP contribution is 2.40. The number of imide groups is 1. The van der Waals surface area contributed by atoms with Crippen LogP contribution in [0.2, 0.25) is 0 Å². The second-order valence-corrected chi connectivity index (χ2v) is 6.00.